The number of amides is 3. The Hall–Kier alpha value is -1.88. The van der Waals surface area contributed by atoms with Crippen molar-refractivity contribution in [1.29, 1.82) is 0 Å². The summed E-state index contributed by atoms with van der Waals surface area (Å²) in [7, 11) is 0. The van der Waals surface area contributed by atoms with E-state index in [4.69, 9.17) is 0 Å². The summed E-state index contributed by atoms with van der Waals surface area (Å²) in [5, 5.41) is 5.99. The van der Waals surface area contributed by atoms with Gasteiger partial charge in [-0.05, 0) is 23.5 Å². The largest absolute Gasteiger partial charge is 0.336 e. The third-order valence-electron chi connectivity index (χ3n) is 3.98. The van der Waals surface area contributed by atoms with Gasteiger partial charge in [-0.2, -0.15) is 0 Å². The topological polar surface area (TPSA) is 61.4 Å². The Balaban J connectivity index is 2.10. The van der Waals surface area contributed by atoms with Crippen molar-refractivity contribution in [3.05, 3.63) is 35.4 Å². The van der Waals surface area contributed by atoms with E-state index in [-0.39, 0.29) is 29.9 Å². The average molecular weight is 303 g/mol. The summed E-state index contributed by atoms with van der Waals surface area (Å²) in [6.45, 7) is 9.64. The maximum atomic E-state index is 12.2. The first-order valence-electron chi connectivity index (χ1n) is 7.68. The van der Waals surface area contributed by atoms with Gasteiger partial charge in [0.25, 0.3) is 0 Å². The second-order valence-corrected chi connectivity index (χ2v) is 6.81. The summed E-state index contributed by atoms with van der Waals surface area (Å²) in [6, 6.07) is 7.94. The maximum absolute atomic E-state index is 12.2. The molecular weight excluding hydrogens is 278 g/mol. The standard InChI is InChI=1S/C17H25N3O2/c1-12-7-5-6-8-13(12)15(17(2,3)4)19-11-14(21)20-10-9-18-16(20)22/h5-8,15,19H,9-11H2,1-4H3,(H,18,22). The lowest BCUT2D eigenvalue weighted by molar-refractivity contribution is -0.126. The summed E-state index contributed by atoms with van der Waals surface area (Å²) in [5.41, 5.74) is 2.34. The van der Waals surface area contributed by atoms with Crippen molar-refractivity contribution in [2.75, 3.05) is 19.6 Å². The van der Waals surface area contributed by atoms with Crippen molar-refractivity contribution < 1.29 is 9.59 Å². The predicted molar refractivity (Wildman–Crippen MR) is 86.5 cm³/mol. The van der Waals surface area contributed by atoms with Crippen molar-refractivity contribution in [3.63, 3.8) is 0 Å². The molecule has 5 nitrogen and oxygen atoms in total. The highest BCUT2D eigenvalue weighted by atomic mass is 16.2. The van der Waals surface area contributed by atoms with Crippen LogP contribution in [0.15, 0.2) is 24.3 Å². The second kappa shape index (κ2) is 6.48. The number of hydrogen-bond acceptors (Lipinski definition) is 3. The van der Waals surface area contributed by atoms with E-state index < -0.39 is 0 Å². The van der Waals surface area contributed by atoms with E-state index in [1.807, 2.05) is 12.1 Å². The quantitative estimate of drug-likeness (QED) is 0.896. The highest BCUT2D eigenvalue weighted by Crippen LogP contribution is 2.34. The summed E-state index contributed by atoms with van der Waals surface area (Å²) < 4.78 is 0. The van der Waals surface area contributed by atoms with Gasteiger partial charge >= 0.3 is 6.03 Å². The molecule has 0 aromatic heterocycles. The fourth-order valence-electron chi connectivity index (χ4n) is 2.79. The van der Waals surface area contributed by atoms with Crippen LogP contribution in [0.3, 0.4) is 0 Å². The molecule has 0 bridgehead atoms. The van der Waals surface area contributed by atoms with Crippen LogP contribution in [-0.4, -0.2) is 36.5 Å². The lowest BCUT2D eigenvalue weighted by Crippen LogP contribution is -2.43. The van der Waals surface area contributed by atoms with Crippen LogP contribution in [0.1, 0.15) is 37.9 Å². The minimum Gasteiger partial charge on any atom is -0.336 e. The molecule has 1 aromatic carbocycles. The van der Waals surface area contributed by atoms with Crippen LogP contribution in [0, 0.1) is 12.3 Å². The van der Waals surface area contributed by atoms with Gasteiger partial charge in [-0.25, -0.2) is 4.79 Å². The zero-order chi connectivity index (χ0) is 16.3. The molecule has 0 saturated carbocycles. The first kappa shape index (κ1) is 16.5. The number of carbonyl (C=O) groups excluding carboxylic acids is 2. The van der Waals surface area contributed by atoms with E-state index in [2.05, 4.69) is 50.5 Å². The summed E-state index contributed by atoms with van der Waals surface area (Å²) in [4.78, 5) is 25.0. The molecule has 0 aliphatic carbocycles. The minimum absolute atomic E-state index is 0.0420. The molecule has 1 unspecified atom stereocenters. The third kappa shape index (κ3) is 3.65. The lowest BCUT2D eigenvalue weighted by atomic mass is 9.81. The van der Waals surface area contributed by atoms with E-state index in [0.29, 0.717) is 13.1 Å². The highest BCUT2D eigenvalue weighted by molar-refractivity contribution is 5.96. The number of rotatable bonds is 4. The monoisotopic (exact) mass is 303 g/mol. The van der Waals surface area contributed by atoms with Gasteiger partial charge in [-0.15, -0.1) is 0 Å². The Labute approximate surface area is 132 Å². The fourth-order valence-corrected chi connectivity index (χ4v) is 2.79. The molecule has 5 heteroatoms. The first-order valence-corrected chi connectivity index (χ1v) is 7.68. The first-order chi connectivity index (χ1) is 10.3. The molecule has 3 amide bonds. The number of urea groups is 1. The smallest absolute Gasteiger partial charge is 0.324 e. The molecule has 1 fully saturated rings. The van der Waals surface area contributed by atoms with Crippen LogP contribution >= 0.6 is 0 Å². The van der Waals surface area contributed by atoms with Crippen molar-refractivity contribution in [2.45, 2.75) is 33.7 Å². The molecule has 0 radical (unpaired) electrons. The number of benzene rings is 1. The van der Waals surface area contributed by atoms with E-state index in [0.717, 1.165) is 0 Å². The molecule has 22 heavy (non-hydrogen) atoms. The number of nitrogens with one attached hydrogen (secondary N) is 2. The van der Waals surface area contributed by atoms with Crippen molar-refractivity contribution in [1.82, 2.24) is 15.5 Å². The van der Waals surface area contributed by atoms with Gasteiger partial charge in [0.1, 0.15) is 0 Å². The molecule has 120 valence electrons. The Morgan fingerprint density at radius 1 is 1.36 bits per heavy atom. The van der Waals surface area contributed by atoms with Gasteiger partial charge in [0, 0.05) is 19.1 Å². The minimum atomic E-state index is -0.296. The maximum Gasteiger partial charge on any atom is 0.324 e. The van der Waals surface area contributed by atoms with E-state index >= 15 is 0 Å². The van der Waals surface area contributed by atoms with Gasteiger partial charge < -0.3 is 10.6 Å². The summed E-state index contributed by atoms with van der Waals surface area (Å²) >= 11 is 0. The average Bonchev–Trinajstić information content (AvgIpc) is 2.85. The third-order valence-corrected chi connectivity index (χ3v) is 3.98. The Morgan fingerprint density at radius 2 is 2.05 bits per heavy atom. The van der Waals surface area contributed by atoms with E-state index in [1.165, 1.54) is 16.0 Å². The second-order valence-electron chi connectivity index (χ2n) is 6.81. The van der Waals surface area contributed by atoms with Crippen LogP contribution in [0.5, 0.6) is 0 Å². The molecular formula is C17H25N3O2. The molecule has 2 N–H and O–H groups in total. The molecule has 2 rings (SSSR count). The fraction of sp³-hybridized carbons (Fsp3) is 0.529. The SMILES string of the molecule is Cc1ccccc1C(NCC(=O)N1CCNC1=O)C(C)(C)C. The molecule has 1 saturated heterocycles. The molecule has 1 atom stereocenters. The Morgan fingerprint density at radius 3 is 2.59 bits per heavy atom. The number of hydrogen-bond donors (Lipinski definition) is 2. The normalized spacial score (nSPS) is 16.5. The number of nitrogens with zero attached hydrogens (tertiary/aromatic N) is 1. The van der Waals surface area contributed by atoms with Crippen LogP contribution in [0.4, 0.5) is 4.79 Å². The van der Waals surface area contributed by atoms with Gasteiger partial charge in [0.15, 0.2) is 0 Å². The zero-order valence-corrected chi connectivity index (χ0v) is 13.8. The van der Waals surface area contributed by atoms with Gasteiger partial charge in [0.2, 0.25) is 5.91 Å². The van der Waals surface area contributed by atoms with Crippen LogP contribution in [-0.2, 0) is 4.79 Å². The molecule has 1 aliphatic heterocycles. The van der Waals surface area contributed by atoms with Crippen molar-refractivity contribution in [3.8, 4) is 0 Å². The van der Waals surface area contributed by atoms with E-state index in [9.17, 15) is 9.59 Å². The number of imide groups is 1. The Bertz CT molecular complexity index is 563. The molecule has 1 aromatic rings. The summed E-state index contributed by atoms with van der Waals surface area (Å²) in [5.74, 6) is -0.183. The predicted octanol–water partition coefficient (Wildman–Crippen LogP) is 2.22. The van der Waals surface area contributed by atoms with Gasteiger partial charge in [-0.1, -0.05) is 45.0 Å². The van der Waals surface area contributed by atoms with Crippen molar-refractivity contribution >= 4 is 11.9 Å². The van der Waals surface area contributed by atoms with Crippen LogP contribution in [0.2, 0.25) is 0 Å². The van der Waals surface area contributed by atoms with Crippen LogP contribution in [0.25, 0.3) is 0 Å². The molecule has 1 heterocycles. The van der Waals surface area contributed by atoms with Crippen LogP contribution < -0.4 is 10.6 Å². The van der Waals surface area contributed by atoms with Gasteiger partial charge in [-0.3, -0.25) is 9.69 Å². The zero-order valence-electron chi connectivity index (χ0n) is 13.8. The Kier molecular flexibility index (Phi) is 4.86. The van der Waals surface area contributed by atoms with Gasteiger partial charge in [0.05, 0.1) is 6.54 Å². The highest BCUT2D eigenvalue weighted by Gasteiger charge is 2.30. The van der Waals surface area contributed by atoms with E-state index in [1.54, 1.807) is 0 Å². The molecule has 1 aliphatic rings. The number of carbonyl (C=O) groups is 2. The number of aryl methyl sites for hydroxylation is 1. The van der Waals surface area contributed by atoms with Crippen molar-refractivity contribution in [2.24, 2.45) is 5.41 Å². The molecule has 0 spiro atoms. The summed E-state index contributed by atoms with van der Waals surface area (Å²) in [6.07, 6.45) is 0. The lowest BCUT2D eigenvalue weighted by Gasteiger charge is -2.33.